The molecule has 8 nitrogen and oxygen atoms in total. The molecule has 1 heterocycles. The summed E-state index contributed by atoms with van der Waals surface area (Å²) in [5.74, 6) is 1.85. The van der Waals surface area contributed by atoms with E-state index in [1.807, 2.05) is 19.1 Å². The highest BCUT2D eigenvalue weighted by atomic mass is 35.5. The van der Waals surface area contributed by atoms with E-state index in [1.165, 1.54) is 0 Å². The number of hydrogen-bond acceptors (Lipinski definition) is 6. The first-order valence-electron chi connectivity index (χ1n) is 10.5. The maximum absolute atomic E-state index is 5.91. The van der Waals surface area contributed by atoms with Crippen molar-refractivity contribution in [2.24, 2.45) is 4.99 Å². The predicted octanol–water partition coefficient (Wildman–Crippen LogP) is 3.32. The first kappa shape index (κ1) is 24.1. The zero-order chi connectivity index (χ0) is 21.4. The number of benzene rings is 1. The Balaban J connectivity index is 1.66. The smallest absolute Gasteiger partial charge is 0.228 e. The van der Waals surface area contributed by atoms with Gasteiger partial charge < -0.3 is 24.6 Å². The molecule has 0 aliphatic carbocycles. The van der Waals surface area contributed by atoms with E-state index in [4.69, 9.17) is 25.6 Å². The highest BCUT2D eigenvalue weighted by Gasteiger charge is 2.08. The number of hydrogen-bond donors (Lipinski definition) is 2. The molecule has 0 saturated heterocycles. The molecule has 0 spiro atoms. The van der Waals surface area contributed by atoms with Crippen LogP contribution in [0.15, 0.2) is 33.8 Å². The van der Waals surface area contributed by atoms with Gasteiger partial charge in [-0.15, -0.1) is 0 Å². The van der Waals surface area contributed by atoms with Crippen molar-refractivity contribution in [2.45, 2.75) is 33.1 Å². The van der Waals surface area contributed by atoms with Gasteiger partial charge in [-0.3, -0.25) is 4.99 Å². The number of aromatic nitrogens is 2. The van der Waals surface area contributed by atoms with Crippen LogP contribution in [0.1, 0.15) is 32.6 Å². The molecule has 9 heteroatoms. The number of halogens is 1. The third kappa shape index (κ3) is 9.56. The van der Waals surface area contributed by atoms with Gasteiger partial charge in [0, 0.05) is 36.7 Å². The quantitative estimate of drug-likeness (QED) is 0.266. The summed E-state index contributed by atoms with van der Waals surface area (Å²) in [7, 11) is 0. The topological polar surface area (TPSA) is 93.8 Å². The highest BCUT2D eigenvalue weighted by Crippen LogP contribution is 2.18. The molecule has 0 atom stereocenters. The van der Waals surface area contributed by atoms with E-state index in [2.05, 4.69) is 32.7 Å². The van der Waals surface area contributed by atoms with Gasteiger partial charge in [-0.25, -0.2) is 0 Å². The minimum Gasteiger partial charge on any atom is -0.379 e. The fourth-order valence-corrected chi connectivity index (χ4v) is 2.62. The molecule has 2 aromatic rings. The lowest BCUT2D eigenvalue weighted by molar-refractivity contribution is 0.0497. The van der Waals surface area contributed by atoms with E-state index in [0.29, 0.717) is 56.1 Å². The second-order valence-electron chi connectivity index (χ2n) is 6.53. The largest absolute Gasteiger partial charge is 0.379 e. The van der Waals surface area contributed by atoms with Gasteiger partial charge in [0.2, 0.25) is 11.7 Å². The fraction of sp³-hybridized carbons (Fsp3) is 0.571. The summed E-state index contributed by atoms with van der Waals surface area (Å²) in [6.07, 6.45) is 2.83. The van der Waals surface area contributed by atoms with E-state index in [1.54, 1.807) is 12.1 Å². The third-order valence-electron chi connectivity index (χ3n) is 4.07. The lowest BCUT2D eigenvalue weighted by Gasteiger charge is -2.10. The number of guanidine groups is 1. The Labute approximate surface area is 183 Å². The normalized spacial score (nSPS) is 11.6. The molecule has 2 N–H and O–H groups in total. The molecule has 0 aliphatic heterocycles. The second-order valence-corrected chi connectivity index (χ2v) is 6.97. The van der Waals surface area contributed by atoms with Crippen LogP contribution >= 0.6 is 11.6 Å². The minimum absolute atomic E-state index is 0.554. The van der Waals surface area contributed by atoms with Gasteiger partial charge in [-0.2, -0.15) is 4.98 Å². The molecule has 0 unspecified atom stereocenters. The monoisotopic (exact) mass is 437 g/mol. The van der Waals surface area contributed by atoms with Crippen molar-refractivity contribution in [1.82, 2.24) is 20.8 Å². The van der Waals surface area contributed by atoms with Crippen LogP contribution in [0.25, 0.3) is 11.4 Å². The summed E-state index contributed by atoms with van der Waals surface area (Å²) in [4.78, 5) is 8.92. The lowest BCUT2D eigenvalue weighted by Crippen LogP contribution is -2.38. The van der Waals surface area contributed by atoms with Crippen LogP contribution < -0.4 is 10.6 Å². The molecule has 0 radical (unpaired) electrons. The van der Waals surface area contributed by atoms with Crippen LogP contribution in [0.5, 0.6) is 0 Å². The SMILES string of the molecule is CCCCOCCOCCN=C(NCC)NCCc1nc(-c2ccc(Cl)cc2)no1. The van der Waals surface area contributed by atoms with Gasteiger partial charge in [-0.05, 0) is 37.6 Å². The van der Waals surface area contributed by atoms with Gasteiger partial charge in [-0.1, -0.05) is 30.1 Å². The van der Waals surface area contributed by atoms with Crippen LogP contribution in [0.3, 0.4) is 0 Å². The number of ether oxygens (including phenoxy) is 2. The fourth-order valence-electron chi connectivity index (χ4n) is 2.49. The zero-order valence-electron chi connectivity index (χ0n) is 17.8. The van der Waals surface area contributed by atoms with Crippen LogP contribution in [0, 0.1) is 0 Å². The Hall–Kier alpha value is -2.16. The van der Waals surface area contributed by atoms with Crippen molar-refractivity contribution in [2.75, 3.05) is 46.1 Å². The van der Waals surface area contributed by atoms with Gasteiger partial charge in [0.1, 0.15) is 0 Å². The summed E-state index contributed by atoms with van der Waals surface area (Å²) in [6.45, 7) is 8.73. The molecule has 0 fully saturated rings. The number of nitrogens with zero attached hydrogens (tertiary/aromatic N) is 3. The highest BCUT2D eigenvalue weighted by molar-refractivity contribution is 6.30. The molecule has 0 saturated carbocycles. The van der Waals surface area contributed by atoms with E-state index in [-0.39, 0.29) is 0 Å². The predicted molar refractivity (Wildman–Crippen MR) is 119 cm³/mol. The van der Waals surface area contributed by atoms with Gasteiger partial charge in [0.25, 0.3) is 0 Å². The summed E-state index contributed by atoms with van der Waals surface area (Å²) >= 11 is 5.91. The van der Waals surface area contributed by atoms with Gasteiger partial charge in [0.05, 0.1) is 26.4 Å². The third-order valence-corrected chi connectivity index (χ3v) is 4.32. The Morgan fingerprint density at radius 1 is 1.07 bits per heavy atom. The number of unbranched alkanes of at least 4 members (excludes halogenated alkanes) is 1. The summed E-state index contributed by atoms with van der Waals surface area (Å²) in [5.41, 5.74) is 0.869. The van der Waals surface area contributed by atoms with Crippen molar-refractivity contribution >= 4 is 17.6 Å². The first-order chi connectivity index (χ1) is 14.7. The van der Waals surface area contributed by atoms with Crippen LogP contribution in [-0.2, 0) is 15.9 Å². The average molecular weight is 438 g/mol. The first-order valence-corrected chi connectivity index (χ1v) is 10.9. The van der Waals surface area contributed by atoms with Crippen molar-refractivity contribution in [1.29, 1.82) is 0 Å². The van der Waals surface area contributed by atoms with Crippen LogP contribution in [0.2, 0.25) is 5.02 Å². The molecule has 0 bridgehead atoms. The van der Waals surface area contributed by atoms with Crippen molar-refractivity contribution in [3.05, 3.63) is 35.2 Å². The number of nitrogens with one attached hydrogen (secondary N) is 2. The molecular formula is C21H32ClN5O3. The van der Waals surface area contributed by atoms with Crippen molar-refractivity contribution < 1.29 is 14.0 Å². The van der Waals surface area contributed by atoms with E-state index in [9.17, 15) is 0 Å². The minimum atomic E-state index is 0.554. The van der Waals surface area contributed by atoms with Gasteiger partial charge >= 0.3 is 0 Å². The Morgan fingerprint density at radius 2 is 1.83 bits per heavy atom. The molecular weight excluding hydrogens is 406 g/mol. The second kappa shape index (κ2) is 14.8. The van der Waals surface area contributed by atoms with E-state index >= 15 is 0 Å². The molecule has 0 amide bonds. The number of aliphatic imine (C=N–C) groups is 1. The molecule has 1 aromatic carbocycles. The Morgan fingerprint density at radius 3 is 2.57 bits per heavy atom. The van der Waals surface area contributed by atoms with Crippen molar-refractivity contribution in [3.8, 4) is 11.4 Å². The average Bonchev–Trinajstić information content (AvgIpc) is 3.22. The molecule has 30 heavy (non-hydrogen) atoms. The molecule has 2 rings (SSSR count). The van der Waals surface area contributed by atoms with E-state index < -0.39 is 0 Å². The molecule has 1 aromatic heterocycles. The van der Waals surface area contributed by atoms with Gasteiger partial charge in [0.15, 0.2) is 5.96 Å². The maximum Gasteiger partial charge on any atom is 0.228 e. The summed E-state index contributed by atoms with van der Waals surface area (Å²) in [5, 5.41) is 11.2. The lowest BCUT2D eigenvalue weighted by atomic mass is 10.2. The van der Waals surface area contributed by atoms with Crippen LogP contribution in [0.4, 0.5) is 0 Å². The number of rotatable bonds is 14. The summed E-state index contributed by atoms with van der Waals surface area (Å²) in [6, 6.07) is 7.34. The van der Waals surface area contributed by atoms with Crippen molar-refractivity contribution in [3.63, 3.8) is 0 Å². The Bertz CT molecular complexity index is 736. The van der Waals surface area contributed by atoms with E-state index in [0.717, 1.165) is 37.5 Å². The Kier molecular flexibility index (Phi) is 11.9. The van der Waals surface area contributed by atoms with Crippen LogP contribution in [-0.4, -0.2) is 62.2 Å². The summed E-state index contributed by atoms with van der Waals surface area (Å²) < 4.78 is 16.3. The maximum atomic E-state index is 5.91. The molecule has 0 aliphatic rings. The molecule has 166 valence electrons. The standard InChI is InChI=1S/C21H32ClN5O3/c1-3-5-13-28-15-16-29-14-12-25-21(23-4-2)24-11-10-19-26-20(27-30-19)17-6-8-18(22)9-7-17/h6-9H,3-5,10-16H2,1-2H3,(H2,23,24,25). The zero-order valence-corrected chi connectivity index (χ0v) is 18.6.